The van der Waals surface area contributed by atoms with Crippen LogP contribution in [0.2, 0.25) is 0 Å². The molecule has 5 heteroatoms. The molecule has 5 nitrogen and oxygen atoms in total. The Kier molecular flexibility index (Phi) is 2.82. The highest BCUT2D eigenvalue weighted by Crippen LogP contribution is 2.21. The Morgan fingerprint density at radius 2 is 2.40 bits per heavy atom. The third kappa shape index (κ3) is 2.07. The van der Waals surface area contributed by atoms with Crippen LogP contribution in [0.15, 0.2) is 27.3 Å². The topological polar surface area (TPSA) is 78.1 Å². The van der Waals surface area contributed by atoms with E-state index in [0.29, 0.717) is 24.0 Å². The van der Waals surface area contributed by atoms with Crippen molar-refractivity contribution < 1.29 is 8.94 Å². The fourth-order valence-electron chi connectivity index (χ4n) is 1.31. The average molecular weight is 207 g/mol. The van der Waals surface area contributed by atoms with Gasteiger partial charge in [0.15, 0.2) is 5.76 Å². The summed E-state index contributed by atoms with van der Waals surface area (Å²) in [6.07, 6.45) is 2.41. The van der Waals surface area contributed by atoms with Crippen LogP contribution in [0.4, 0.5) is 0 Å². The predicted molar refractivity (Wildman–Crippen MR) is 54.1 cm³/mol. The van der Waals surface area contributed by atoms with E-state index in [2.05, 4.69) is 10.1 Å². The molecule has 0 aliphatic rings. The second-order valence-electron chi connectivity index (χ2n) is 3.41. The lowest BCUT2D eigenvalue weighted by Crippen LogP contribution is -2.04. The molecule has 2 aromatic rings. The van der Waals surface area contributed by atoms with Crippen LogP contribution >= 0.6 is 0 Å². The van der Waals surface area contributed by atoms with Crippen LogP contribution in [-0.4, -0.2) is 16.7 Å². The number of furan rings is 1. The molecule has 0 spiro atoms. The van der Waals surface area contributed by atoms with Gasteiger partial charge in [0.05, 0.1) is 6.26 Å². The van der Waals surface area contributed by atoms with Crippen LogP contribution < -0.4 is 5.73 Å². The smallest absolute Gasteiger partial charge is 0.238 e. The SMILES string of the molecule is CC(CCN)c1nc(-c2ccco2)no1. The lowest BCUT2D eigenvalue weighted by atomic mass is 10.1. The average Bonchev–Trinajstić information content (AvgIpc) is 2.89. The summed E-state index contributed by atoms with van der Waals surface area (Å²) in [6.45, 7) is 2.62. The maximum atomic E-state index is 5.46. The van der Waals surface area contributed by atoms with Gasteiger partial charge in [-0.3, -0.25) is 0 Å². The van der Waals surface area contributed by atoms with Gasteiger partial charge in [-0.05, 0) is 25.1 Å². The first-order chi connectivity index (χ1) is 7.31. The van der Waals surface area contributed by atoms with E-state index < -0.39 is 0 Å². The van der Waals surface area contributed by atoms with Crippen molar-refractivity contribution in [2.45, 2.75) is 19.3 Å². The van der Waals surface area contributed by atoms with E-state index in [1.807, 2.05) is 6.92 Å². The molecule has 0 amide bonds. The Morgan fingerprint density at radius 3 is 3.07 bits per heavy atom. The molecular formula is C10H13N3O2. The van der Waals surface area contributed by atoms with Gasteiger partial charge in [0.2, 0.25) is 11.7 Å². The number of aromatic nitrogens is 2. The number of hydrogen-bond donors (Lipinski definition) is 1. The molecule has 0 saturated heterocycles. The van der Waals surface area contributed by atoms with Crippen molar-refractivity contribution in [1.29, 1.82) is 0 Å². The number of nitrogens with two attached hydrogens (primary N) is 1. The number of hydrogen-bond acceptors (Lipinski definition) is 5. The van der Waals surface area contributed by atoms with Crippen molar-refractivity contribution in [2.75, 3.05) is 6.54 Å². The van der Waals surface area contributed by atoms with Gasteiger partial charge in [-0.25, -0.2) is 0 Å². The molecule has 2 N–H and O–H groups in total. The van der Waals surface area contributed by atoms with E-state index >= 15 is 0 Å². The predicted octanol–water partition coefficient (Wildman–Crippen LogP) is 1.78. The zero-order valence-electron chi connectivity index (χ0n) is 8.51. The molecule has 0 saturated carbocycles. The summed E-state index contributed by atoms with van der Waals surface area (Å²) in [5.74, 6) is 1.89. The van der Waals surface area contributed by atoms with Gasteiger partial charge >= 0.3 is 0 Å². The fraction of sp³-hybridized carbons (Fsp3) is 0.400. The van der Waals surface area contributed by atoms with Gasteiger partial charge in [0, 0.05) is 5.92 Å². The van der Waals surface area contributed by atoms with Crippen molar-refractivity contribution in [2.24, 2.45) is 5.73 Å². The molecule has 80 valence electrons. The Balaban J connectivity index is 2.17. The molecule has 1 unspecified atom stereocenters. The van der Waals surface area contributed by atoms with Crippen LogP contribution in [-0.2, 0) is 0 Å². The quantitative estimate of drug-likeness (QED) is 0.826. The monoisotopic (exact) mass is 207 g/mol. The Bertz CT molecular complexity index is 408. The Labute approximate surface area is 87.3 Å². The summed E-state index contributed by atoms with van der Waals surface area (Å²) in [5, 5.41) is 3.84. The Hall–Kier alpha value is -1.62. The summed E-state index contributed by atoms with van der Waals surface area (Å²) < 4.78 is 10.3. The molecule has 15 heavy (non-hydrogen) atoms. The van der Waals surface area contributed by atoms with Crippen LogP contribution in [0.3, 0.4) is 0 Å². The van der Waals surface area contributed by atoms with Gasteiger partial charge < -0.3 is 14.7 Å². The third-order valence-electron chi connectivity index (χ3n) is 2.20. The van der Waals surface area contributed by atoms with E-state index in [0.717, 1.165) is 6.42 Å². The molecule has 2 aromatic heterocycles. The van der Waals surface area contributed by atoms with E-state index in [-0.39, 0.29) is 5.92 Å². The molecule has 0 bridgehead atoms. The lowest BCUT2D eigenvalue weighted by Gasteiger charge is -2.01. The first kappa shape index (κ1) is 9.92. The highest BCUT2D eigenvalue weighted by atomic mass is 16.5. The van der Waals surface area contributed by atoms with Crippen molar-refractivity contribution in [1.82, 2.24) is 10.1 Å². The molecule has 2 rings (SSSR count). The minimum atomic E-state index is 0.186. The largest absolute Gasteiger partial charge is 0.461 e. The van der Waals surface area contributed by atoms with Crippen molar-refractivity contribution in [3.8, 4) is 11.6 Å². The van der Waals surface area contributed by atoms with Crippen LogP contribution in [0.1, 0.15) is 25.2 Å². The summed E-state index contributed by atoms with van der Waals surface area (Å²) in [4.78, 5) is 4.24. The molecular weight excluding hydrogens is 194 g/mol. The standard InChI is InChI=1S/C10H13N3O2/c1-7(4-5-11)10-12-9(13-15-10)8-3-2-6-14-8/h2-3,6-7H,4-5,11H2,1H3. The van der Waals surface area contributed by atoms with Gasteiger partial charge in [0.1, 0.15) is 0 Å². The summed E-state index contributed by atoms with van der Waals surface area (Å²) in [7, 11) is 0. The maximum Gasteiger partial charge on any atom is 0.238 e. The zero-order valence-corrected chi connectivity index (χ0v) is 8.51. The molecule has 0 fully saturated rings. The van der Waals surface area contributed by atoms with Crippen LogP contribution in [0.5, 0.6) is 0 Å². The van der Waals surface area contributed by atoms with Gasteiger partial charge in [-0.15, -0.1) is 0 Å². The van der Waals surface area contributed by atoms with E-state index in [1.54, 1.807) is 18.4 Å². The second kappa shape index (κ2) is 4.27. The van der Waals surface area contributed by atoms with Crippen molar-refractivity contribution >= 4 is 0 Å². The molecule has 0 aromatic carbocycles. The van der Waals surface area contributed by atoms with Crippen molar-refractivity contribution in [3.63, 3.8) is 0 Å². The Morgan fingerprint density at radius 1 is 1.53 bits per heavy atom. The highest BCUT2D eigenvalue weighted by Gasteiger charge is 2.15. The molecule has 0 radical (unpaired) electrons. The van der Waals surface area contributed by atoms with Crippen LogP contribution in [0, 0.1) is 0 Å². The zero-order chi connectivity index (χ0) is 10.7. The minimum Gasteiger partial charge on any atom is -0.461 e. The molecule has 2 heterocycles. The van der Waals surface area contributed by atoms with E-state index in [1.165, 1.54) is 0 Å². The number of rotatable bonds is 4. The van der Waals surface area contributed by atoms with E-state index in [4.69, 9.17) is 14.7 Å². The van der Waals surface area contributed by atoms with Gasteiger partial charge in [-0.1, -0.05) is 12.1 Å². The molecule has 0 aliphatic heterocycles. The maximum absolute atomic E-state index is 5.46. The molecule has 0 aliphatic carbocycles. The first-order valence-corrected chi connectivity index (χ1v) is 4.89. The third-order valence-corrected chi connectivity index (χ3v) is 2.20. The number of nitrogens with zero attached hydrogens (tertiary/aromatic N) is 2. The van der Waals surface area contributed by atoms with E-state index in [9.17, 15) is 0 Å². The minimum absolute atomic E-state index is 0.186. The molecule has 1 atom stereocenters. The van der Waals surface area contributed by atoms with Crippen molar-refractivity contribution in [3.05, 3.63) is 24.3 Å². The fourth-order valence-corrected chi connectivity index (χ4v) is 1.31. The van der Waals surface area contributed by atoms with Gasteiger partial charge in [0.25, 0.3) is 0 Å². The second-order valence-corrected chi connectivity index (χ2v) is 3.41. The highest BCUT2D eigenvalue weighted by molar-refractivity contribution is 5.44. The van der Waals surface area contributed by atoms with Gasteiger partial charge in [-0.2, -0.15) is 4.98 Å². The summed E-state index contributed by atoms with van der Waals surface area (Å²) in [5.41, 5.74) is 5.46. The summed E-state index contributed by atoms with van der Waals surface area (Å²) >= 11 is 0. The lowest BCUT2D eigenvalue weighted by molar-refractivity contribution is 0.354. The van der Waals surface area contributed by atoms with Crippen LogP contribution in [0.25, 0.3) is 11.6 Å². The summed E-state index contributed by atoms with van der Waals surface area (Å²) in [6, 6.07) is 3.58. The normalized spacial score (nSPS) is 12.9. The first-order valence-electron chi connectivity index (χ1n) is 4.89.